The van der Waals surface area contributed by atoms with Gasteiger partial charge in [0.25, 0.3) is 0 Å². The summed E-state index contributed by atoms with van der Waals surface area (Å²) in [4.78, 5) is 17.4. The van der Waals surface area contributed by atoms with Crippen molar-refractivity contribution in [2.24, 2.45) is 0 Å². The number of amides is 1. The molecule has 0 unspecified atom stereocenters. The van der Waals surface area contributed by atoms with Crippen LogP contribution < -0.4 is 10.1 Å². The zero-order valence-corrected chi connectivity index (χ0v) is 18.1. The van der Waals surface area contributed by atoms with Gasteiger partial charge in [-0.25, -0.2) is 0 Å². The number of benzene rings is 2. The summed E-state index contributed by atoms with van der Waals surface area (Å²) in [5.74, 6) is 0.685. The third kappa shape index (κ3) is 6.44. The molecule has 0 atom stereocenters. The summed E-state index contributed by atoms with van der Waals surface area (Å²) < 4.78 is 5.61. The van der Waals surface area contributed by atoms with Gasteiger partial charge in [-0.15, -0.1) is 0 Å². The highest BCUT2D eigenvalue weighted by atomic mass is 16.5. The second-order valence-electron chi connectivity index (χ2n) is 7.50. The van der Waals surface area contributed by atoms with Gasteiger partial charge in [0.1, 0.15) is 5.75 Å². The molecule has 1 N–H and O–H groups in total. The van der Waals surface area contributed by atoms with Gasteiger partial charge in [0, 0.05) is 50.9 Å². The van der Waals surface area contributed by atoms with Crippen molar-refractivity contribution in [3.05, 3.63) is 71.3 Å². The Hall–Kier alpha value is -2.63. The van der Waals surface area contributed by atoms with Crippen LogP contribution in [0.15, 0.2) is 54.6 Å². The maximum Gasteiger partial charge on any atom is 0.244 e. The molecule has 0 spiro atoms. The van der Waals surface area contributed by atoms with Gasteiger partial charge in [-0.1, -0.05) is 49.4 Å². The largest absolute Gasteiger partial charge is 0.493 e. The van der Waals surface area contributed by atoms with Gasteiger partial charge in [0.15, 0.2) is 0 Å². The minimum absolute atomic E-state index is 0.104. The average Bonchev–Trinajstić information content (AvgIpc) is 2.78. The Morgan fingerprint density at radius 1 is 0.967 bits per heavy atom. The summed E-state index contributed by atoms with van der Waals surface area (Å²) in [6, 6.07) is 16.1. The highest BCUT2D eigenvalue weighted by molar-refractivity contribution is 5.92. The molecule has 0 radical (unpaired) electrons. The van der Waals surface area contributed by atoms with Crippen molar-refractivity contribution < 1.29 is 9.53 Å². The molecule has 1 aliphatic rings. The van der Waals surface area contributed by atoms with Gasteiger partial charge in [0.2, 0.25) is 5.91 Å². The van der Waals surface area contributed by atoms with Crippen LogP contribution in [0.3, 0.4) is 0 Å². The van der Waals surface area contributed by atoms with Crippen molar-refractivity contribution in [3.8, 4) is 5.75 Å². The summed E-state index contributed by atoms with van der Waals surface area (Å²) in [7, 11) is 0. The lowest BCUT2D eigenvalue weighted by Crippen LogP contribution is -2.45. The third-order valence-corrected chi connectivity index (χ3v) is 5.51. The van der Waals surface area contributed by atoms with E-state index in [0.717, 1.165) is 50.6 Å². The molecule has 1 saturated heterocycles. The lowest BCUT2D eigenvalue weighted by Gasteiger charge is -2.34. The lowest BCUT2D eigenvalue weighted by molar-refractivity contribution is -0.116. The Balaban J connectivity index is 1.55. The van der Waals surface area contributed by atoms with E-state index >= 15 is 0 Å². The number of rotatable bonds is 9. The highest BCUT2D eigenvalue weighted by Gasteiger charge is 2.16. The fourth-order valence-electron chi connectivity index (χ4n) is 3.70. The molecule has 5 heteroatoms. The molecule has 3 rings (SSSR count). The summed E-state index contributed by atoms with van der Waals surface area (Å²) in [6.45, 7) is 11.8. The zero-order valence-electron chi connectivity index (χ0n) is 18.1. The predicted molar refractivity (Wildman–Crippen MR) is 122 cm³/mol. The lowest BCUT2D eigenvalue weighted by atomic mass is 10.1. The molecule has 160 valence electrons. The molecule has 5 nitrogen and oxygen atoms in total. The van der Waals surface area contributed by atoms with E-state index in [1.807, 2.05) is 37.3 Å². The standard InChI is InChI=1S/C25H33N3O2/c1-3-27-15-17-28(18-16-27)20-23-11-6-5-10-22(23)19-26-25(29)14-13-21-9-7-8-12-24(21)30-4-2/h5-14H,3-4,15-20H2,1-2H3,(H,26,29). The van der Waals surface area contributed by atoms with E-state index < -0.39 is 0 Å². The minimum atomic E-state index is -0.104. The smallest absolute Gasteiger partial charge is 0.244 e. The number of piperazine rings is 1. The number of hydrogen-bond donors (Lipinski definition) is 1. The fraction of sp³-hybridized carbons (Fsp3) is 0.400. The molecule has 2 aromatic rings. The van der Waals surface area contributed by atoms with Gasteiger partial charge in [-0.2, -0.15) is 0 Å². The molecule has 0 bridgehead atoms. The second-order valence-corrected chi connectivity index (χ2v) is 7.50. The third-order valence-electron chi connectivity index (χ3n) is 5.51. The average molecular weight is 408 g/mol. The monoisotopic (exact) mass is 407 g/mol. The zero-order chi connectivity index (χ0) is 21.2. The Kier molecular flexibility index (Phi) is 8.48. The molecule has 2 aromatic carbocycles. The second kappa shape index (κ2) is 11.5. The van der Waals surface area contributed by atoms with Crippen LogP contribution in [0, 0.1) is 0 Å². The van der Waals surface area contributed by atoms with Gasteiger partial charge >= 0.3 is 0 Å². The van der Waals surface area contributed by atoms with Crippen LogP contribution >= 0.6 is 0 Å². The van der Waals surface area contributed by atoms with Crippen molar-refractivity contribution in [1.29, 1.82) is 0 Å². The highest BCUT2D eigenvalue weighted by Crippen LogP contribution is 2.19. The Morgan fingerprint density at radius 2 is 1.63 bits per heavy atom. The topological polar surface area (TPSA) is 44.8 Å². The number of nitrogens with zero attached hydrogens (tertiary/aromatic N) is 2. The van der Waals surface area contributed by atoms with Crippen molar-refractivity contribution in [1.82, 2.24) is 15.1 Å². The van der Waals surface area contributed by atoms with Crippen LogP contribution in [0.1, 0.15) is 30.5 Å². The van der Waals surface area contributed by atoms with Gasteiger partial charge in [-0.05, 0) is 36.7 Å². The maximum atomic E-state index is 12.4. The number of carbonyl (C=O) groups is 1. The van der Waals surface area contributed by atoms with Crippen molar-refractivity contribution in [2.75, 3.05) is 39.3 Å². The van der Waals surface area contributed by atoms with E-state index in [-0.39, 0.29) is 5.91 Å². The number of nitrogens with one attached hydrogen (secondary N) is 1. The van der Waals surface area contributed by atoms with Crippen LogP contribution in [0.4, 0.5) is 0 Å². The molecule has 1 fully saturated rings. The van der Waals surface area contributed by atoms with Crippen LogP contribution in [-0.2, 0) is 17.9 Å². The van der Waals surface area contributed by atoms with E-state index in [0.29, 0.717) is 13.2 Å². The summed E-state index contributed by atoms with van der Waals surface area (Å²) >= 11 is 0. The molecule has 0 aromatic heterocycles. The molecule has 30 heavy (non-hydrogen) atoms. The fourth-order valence-corrected chi connectivity index (χ4v) is 3.70. The molecule has 1 amide bonds. The van der Waals surface area contributed by atoms with Crippen molar-refractivity contribution >= 4 is 12.0 Å². The molecule has 1 heterocycles. The molecular weight excluding hydrogens is 374 g/mol. The quantitative estimate of drug-likeness (QED) is 0.646. The Morgan fingerprint density at radius 3 is 2.37 bits per heavy atom. The van der Waals surface area contributed by atoms with E-state index in [9.17, 15) is 4.79 Å². The SMILES string of the molecule is CCOc1ccccc1C=CC(=O)NCc1ccccc1CN1CCN(CC)CC1. The molecular formula is C25H33N3O2. The van der Waals surface area contributed by atoms with E-state index in [1.165, 1.54) is 11.1 Å². The minimum Gasteiger partial charge on any atom is -0.493 e. The predicted octanol–water partition coefficient (Wildman–Crippen LogP) is 3.55. The first kappa shape index (κ1) is 22.1. The van der Waals surface area contributed by atoms with Crippen LogP contribution in [0.25, 0.3) is 6.08 Å². The molecule has 1 aliphatic heterocycles. The van der Waals surface area contributed by atoms with E-state index in [1.54, 1.807) is 12.2 Å². The Labute approximate surface area is 180 Å². The number of carbonyl (C=O) groups excluding carboxylic acids is 1. The van der Waals surface area contributed by atoms with Crippen LogP contribution in [0.2, 0.25) is 0 Å². The van der Waals surface area contributed by atoms with Gasteiger partial charge in [-0.3, -0.25) is 9.69 Å². The number of ether oxygens (including phenoxy) is 1. The van der Waals surface area contributed by atoms with Crippen LogP contribution in [0.5, 0.6) is 5.75 Å². The Bertz CT molecular complexity index is 842. The van der Waals surface area contributed by atoms with Gasteiger partial charge in [0.05, 0.1) is 6.61 Å². The first-order chi connectivity index (χ1) is 14.7. The first-order valence-electron chi connectivity index (χ1n) is 10.9. The molecule has 0 aliphatic carbocycles. The van der Waals surface area contributed by atoms with Crippen molar-refractivity contribution in [2.45, 2.75) is 26.9 Å². The first-order valence-corrected chi connectivity index (χ1v) is 10.9. The number of hydrogen-bond acceptors (Lipinski definition) is 4. The van der Waals surface area contributed by atoms with Gasteiger partial charge < -0.3 is 15.0 Å². The van der Waals surface area contributed by atoms with Crippen LogP contribution in [-0.4, -0.2) is 55.0 Å². The maximum absolute atomic E-state index is 12.4. The summed E-state index contributed by atoms with van der Waals surface area (Å²) in [5, 5.41) is 3.02. The van der Waals surface area contributed by atoms with E-state index in [4.69, 9.17) is 4.74 Å². The number of para-hydroxylation sites is 1. The number of likely N-dealkylation sites (N-methyl/N-ethyl adjacent to an activating group) is 1. The van der Waals surface area contributed by atoms with Crippen molar-refractivity contribution in [3.63, 3.8) is 0 Å². The normalized spacial score (nSPS) is 15.4. The summed E-state index contributed by atoms with van der Waals surface area (Å²) in [5.41, 5.74) is 3.36. The van der Waals surface area contributed by atoms with E-state index in [2.05, 4.69) is 40.2 Å². The summed E-state index contributed by atoms with van der Waals surface area (Å²) in [6.07, 6.45) is 3.38. The molecule has 0 saturated carbocycles.